The summed E-state index contributed by atoms with van der Waals surface area (Å²) in [6, 6.07) is 2.61. The molecule has 2 aromatic heterocycles. The predicted molar refractivity (Wildman–Crippen MR) is 74.8 cm³/mol. The highest BCUT2D eigenvalue weighted by Gasteiger charge is 2.28. The van der Waals surface area contributed by atoms with Crippen molar-refractivity contribution < 1.29 is 22.7 Å². The van der Waals surface area contributed by atoms with E-state index in [0.29, 0.717) is 6.54 Å². The van der Waals surface area contributed by atoms with Crippen molar-refractivity contribution in [1.29, 1.82) is 0 Å². The van der Waals surface area contributed by atoms with Crippen molar-refractivity contribution >= 4 is 5.91 Å². The van der Waals surface area contributed by atoms with Crippen molar-refractivity contribution in [3.05, 3.63) is 41.9 Å². The Bertz CT molecular complexity index is 667. The van der Waals surface area contributed by atoms with Crippen molar-refractivity contribution in [1.82, 2.24) is 19.7 Å². The molecule has 0 bridgehead atoms. The Kier molecular flexibility index (Phi) is 4.87. The molecule has 2 heterocycles. The van der Waals surface area contributed by atoms with Crippen LogP contribution in [0.15, 0.2) is 30.7 Å². The van der Waals surface area contributed by atoms with Gasteiger partial charge in [-0.15, -0.1) is 0 Å². The second-order valence-electron chi connectivity index (χ2n) is 4.97. The number of carbonyl (C=O) groups excluding carboxylic acids is 1. The molecule has 0 fully saturated rings. The number of aryl methyl sites for hydroxylation is 1. The Morgan fingerprint density at radius 2 is 2.09 bits per heavy atom. The van der Waals surface area contributed by atoms with Gasteiger partial charge in [0.15, 0.2) is 6.61 Å². The Hall–Kier alpha value is -2.58. The smallest absolute Gasteiger partial charge is 0.422 e. The first-order valence-electron chi connectivity index (χ1n) is 6.63. The fourth-order valence-corrected chi connectivity index (χ4v) is 1.87. The molecule has 9 heteroatoms. The normalized spacial score (nSPS) is 11.3. The Labute approximate surface area is 130 Å². The van der Waals surface area contributed by atoms with E-state index in [1.807, 2.05) is 0 Å². The molecule has 0 saturated carbocycles. The van der Waals surface area contributed by atoms with Crippen LogP contribution < -0.4 is 4.74 Å². The van der Waals surface area contributed by atoms with Gasteiger partial charge < -0.3 is 9.64 Å². The highest BCUT2D eigenvalue weighted by molar-refractivity contribution is 5.93. The summed E-state index contributed by atoms with van der Waals surface area (Å²) >= 11 is 0. The Balaban J connectivity index is 1.96. The molecule has 0 unspecified atom stereocenters. The highest BCUT2D eigenvalue weighted by atomic mass is 19.4. The quantitative estimate of drug-likeness (QED) is 0.843. The number of halogens is 3. The molecule has 0 spiro atoms. The molecule has 0 aliphatic heterocycles. The summed E-state index contributed by atoms with van der Waals surface area (Å²) in [5, 5.41) is 4.01. The summed E-state index contributed by atoms with van der Waals surface area (Å²) in [4.78, 5) is 17.4. The lowest BCUT2D eigenvalue weighted by Gasteiger charge is -2.16. The average molecular weight is 328 g/mol. The fraction of sp³-hybridized carbons (Fsp3) is 0.357. The monoisotopic (exact) mass is 328 g/mol. The number of alkyl halides is 3. The maximum atomic E-state index is 12.2. The molecule has 23 heavy (non-hydrogen) atoms. The zero-order valence-electron chi connectivity index (χ0n) is 12.5. The third-order valence-corrected chi connectivity index (χ3v) is 2.89. The van der Waals surface area contributed by atoms with Crippen LogP contribution in [0.25, 0.3) is 0 Å². The summed E-state index contributed by atoms with van der Waals surface area (Å²) in [6.07, 6.45) is 0.195. The number of carbonyl (C=O) groups is 1. The van der Waals surface area contributed by atoms with Gasteiger partial charge in [0.25, 0.3) is 5.91 Å². The molecule has 1 amide bonds. The molecular weight excluding hydrogens is 313 g/mol. The molecule has 0 atom stereocenters. The van der Waals surface area contributed by atoms with Crippen LogP contribution in [0.2, 0.25) is 0 Å². The number of nitrogens with zero attached hydrogens (tertiary/aromatic N) is 4. The number of hydrogen-bond donors (Lipinski definition) is 0. The topological polar surface area (TPSA) is 60.2 Å². The summed E-state index contributed by atoms with van der Waals surface area (Å²) in [7, 11) is 3.39. The summed E-state index contributed by atoms with van der Waals surface area (Å²) in [5.41, 5.74) is 1.12. The lowest BCUT2D eigenvalue weighted by atomic mass is 10.2. The minimum absolute atomic E-state index is 0.186. The number of aromatic nitrogens is 3. The molecular formula is C14H15F3N4O2. The van der Waals surface area contributed by atoms with Gasteiger partial charge in [-0.2, -0.15) is 18.3 Å². The zero-order chi connectivity index (χ0) is 17.0. The SMILES string of the molecule is CN(Cc1cnn(C)c1)C(=O)c1ccc(OCC(F)(F)F)nc1. The van der Waals surface area contributed by atoms with Gasteiger partial charge in [0.2, 0.25) is 5.88 Å². The van der Waals surface area contributed by atoms with E-state index in [-0.39, 0.29) is 17.4 Å². The minimum Gasteiger partial charge on any atom is -0.468 e. The van der Waals surface area contributed by atoms with E-state index in [9.17, 15) is 18.0 Å². The van der Waals surface area contributed by atoms with Crippen LogP contribution in [0.5, 0.6) is 5.88 Å². The highest BCUT2D eigenvalue weighted by Crippen LogP contribution is 2.17. The van der Waals surface area contributed by atoms with Crippen LogP contribution in [0.3, 0.4) is 0 Å². The van der Waals surface area contributed by atoms with Crippen molar-refractivity contribution in [3.63, 3.8) is 0 Å². The van der Waals surface area contributed by atoms with E-state index in [0.717, 1.165) is 5.56 Å². The molecule has 0 saturated heterocycles. The number of ether oxygens (including phenoxy) is 1. The van der Waals surface area contributed by atoms with Gasteiger partial charge in [-0.25, -0.2) is 4.98 Å². The average Bonchev–Trinajstić information content (AvgIpc) is 2.89. The molecule has 124 valence electrons. The standard InChI is InChI=1S/C14H15F3N4O2/c1-20(7-10-5-19-21(2)8-10)13(22)11-3-4-12(18-6-11)23-9-14(15,16)17/h3-6,8H,7,9H2,1-2H3. The number of pyridine rings is 1. The van der Waals surface area contributed by atoms with E-state index in [1.54, 1.807) is 31.2 Å². The lowest BCUT2D eigenvalue weighted by molar-refractivity contribution is -0.154. The first-order chi connectivity index (χ1) is 10.7. The molecule has 0 radical (unpaired) electrons. The second-order valence-corrected chi connectivity index (χ2v) is 4.97. The van der Waals surface area contributed by atoms with E-state index >= 15 is 0 Å². The largest absolute Gasteiger partial charge is 0.468 e. The van der Waals surface area contributed by atoms with Crippen LogP contribution in [-0.4, -0.2) is 45.4 Å². The maximum absolute atomic E-state index is 12.2. The van der Waals surface area contributed by atoms with E-state index < -0.39 is 12.8 Å². The number of amides is 1. The van der Waals surface area contributed by atoms with Gasteiger partial charge in [-0.1, -0.05) is 0 Å². The number of hydrogen-bond acceptors (Lipinski definition) is 4. The van der Waals surface area contributed by atoms with Crippen molar-refractivity contribution in [3.8, 4) is 5.88 Å². The number of rotatable bonds is 5. The zero-order valence-corrected chi connectivity index (χ0v) is 12.5. The lowest BCUT2D eigenvalue weighted by Crippen LogP contribution is -2.26. The summed E-state index contributed by atoms with van der Waals surface area (Å²) < 4.78 is 42.2. The molecule has 0 aliphatic rings. The molecule has 0 N–H and O–H groups in total. The van der Waals surface area contributed by atoms with Crippen molar-refractivity contribution in [2.24, 2.45) is 7.05 Å². The third kappa shape index (κ3) is 4.97. The van der Waals surface area contributed by atoms with Crippen LogP contribution in [0.4, 0.5) is 13.2 Å². The Morgan fingerprint density at radius 3 is 2.61 bits per heavy atom. The minimum atomic E-state index is -4.43. The molecule has 2 rings (SSSR count). The van der Waals surface area contributed by atoms with Crippen LogP contribution >= 0.6 is 0 Å². The molecule has 0 aliphatic carbocycles. The first-order valence-corrected chi connectivity index (χ1v) is 6.63. The van der Waals surface area contributed by atoms with E-state index in [4.69, 9.17) is 0 Å². The summed E-state index contributed by atoms with van der Waals surface area (Å²) in [5.74, 6) is -0.488. The van der Waals surface area contributed by atoms with Crippen molar-refractivity contribution in [2.45, 2.75) is 12.7 Å². The molecule has 2 aromatic rings. The second kappa shape index (κ2) is 6.67. The van der Waals surface area contributed by atoms with Gasteiger partial charge >= 0.3 is 6.18 Å². The van der Waals surface area contributed by atoms with Crippen LogP contribution in [0, 0.1) is 0 Å². The van der Waals surface area contributed by atoms with E-state index in [1.165, 1.54) is 23.2 Å². The van der Waals surface area contributed by atoms with E-state index in [2.05, 4.69) is 14.8 Å². The maximum Gasteiger partial charge on any atom is 0.422 e. The van der Waals surface area contributed by atoms with Gasteiger partial charge in [0, 0.05) is 44.7 Å². The van der Waals surface area contributed by atoms with Crippen molar-refractivity contribution in [2.75, 3.05) is 13.7 Å². The molecule has 6 nitrogen and oxygen atoms in total. The third-order valence-electron chi connectivity index (χ3n) is 2.89. The van der Waals surface area contributed by atoms with Crippen LogP contribution in [0.1, 0.15) is 15.9 Å². The Morgan fingerprint density at radius 1 is 1.35 bits per heavy atom. The molecule has 0 aromatic carbocycles. The summed E-state index contributed by atoms with van der Waals surface area (Å²) in [6.45, 7) is -1.06. The van der Waals surface area contributed by atoms with Gasteiger partial charge in [-0.3, -0.25) is 9.48 Å². The predicted octanol–water partition coefficient (Wildman–Crippen LogP) is 2.03. The van der Waals surface area contributed by atoms with Gasteiger partial charge in [0.1, 0.15) is 0 Å². The fourth-order valence-electron chi connectivity index (χ4n) is 1.87. The van der Waals surface area contributed by atoms with Gasteiger partial charge in [0.05, 0.1) is 11.8 Å². The first kappa shape index (κ1) is 16.8. The van der Waals surface area contributed by atoms with Gasteiger partial charge in [-0.05, 0) is 6.07 Å². The van der Waals surface area contributed by atoms with Crippen LogP contribution in [-0.2, 0) is 13.6 Å².